The molecule has 0 aromatic heterocycles. The summed E-state index contributed by atoms with van der Waals surface area (Å²) in [5.74, 6) is 2.05. The maximum Gasteiger partial charge on any atom is 0.231 e. The molecule has 0 aliphatic carbocycles. The van der Waals surface area contributed by atoms with E-state index in [1.54, 1.807) is 0 Å². The molecule has 3 heteroatoms. The molecule has 0 bridgehead atoms. The molecule has 1 aromatic carbocycles. The molecule has 1 saturated heterocycles. The molecule has 2 aliphatic heterocycles. The van der Waals surface area contributed by atoms with Gasteiger partial charge in [-0.3, -0.25) is 4.90 Å². The van der Waals surface area contributed by atoms with Gasteiger partial charge >= 0.3 is 0 Å². The van der Waals surface area contributed by atoms with E-state index < -0.39 is 0 Å². The van der Waals surface area contributed by atoms with Crippen molar-refractivity contribution in [3.05, 3.63) is 30.7 Å². The maximum absolute atomic E-state index is 5.88. The second-order valence-electron chi connectivity index (χ2n) is 4.47. The summed E-state index contributed by atoms with van der Waals surface area (Å²) in [6.07, 6.45) is 1.10. The average Bonchev–Trinajstić information content (AvgIpc) is 2.87. The van der Waals surface area contributed by atoms with Crippen molar-refractivity contribution in [1.29, 1.82) is 0 Å². The van der Waals surface area contributed by atoms with Crippen LogP contribution in [-0.4, -0.2) is 24.8 Å². The van der Waals surface area contributed by atoms with Gasteiger partial charge in [0.05, 0.1) is 0 Å². The van der Waals surface area contributed by atoms with Crippen LogP contribution in [0.15, 0.2) is 18.2 Å². The van der Waals surface area contributed by atoms with E-state index in [0.29, 0.717) is 12.7 Å². The normalized spacial score (nSPS) is 23.9. The predicted octanol–water partition coefficient (Wildman–Crippen LogP) is 1.95. The van der Waals surface area contributed by atoms with E-state index in [4.69, 9.17) is 16.4 Å². The van der Waals surface area contributed by atoms with E-state index >= 15 is 0 Å². The second-order valence-corrected chi connectivity index (χ2v) is 4.47. The Morgan fingerprint density at radius 1 is 1.31 bits per heavy atom. The van der Waals surface area contributed by atoms with Crippen molar-refractivity contribution in [2.75, 3.05) is 19.9 Å². The van der Waals surface area contributed by atoms with Crippen LogP contribution in [0.2, 0.25) is 0 Å². The van der Waals surface area contributed by atoms with E-state index in [1.165, 1.54) is 5.56 Å². The highest BCUT2D eigenvalue weighted by Crippen LogP contribution is 2.33. The van der Waals surface area contributed by atoms with Crippen LogP contribution in [0.4, 0.5) is 0 Å². The van der Waals surface area contributed by atoms with Crippen molar-refractivity contribution < 1.29 is 9.47 Å². The third-order valence-corrected chi connectivity index (χ3v) is 3.15. The Labute approximate surface area is 96.0 Å². The molecular weight excluding hydrogens is 202 g/mol. The highest BCUT2D eigenvalue weighted by Gasteiger charge is 2.20. The maximum atomic E-state index is 5.88. The summed E-state index contributed by atoms with van der Waals surface area (Å²) in [4.78, 5) is 2.38. The van der Waals surface area contributed by atoms with Gasteiger partial charge in [-0.15, -0.1) is 0 Å². The molecule has 3 nitrogen and oxygen atoms in total. The molecule has 2 radical (unpaired) electrons. The molecule has 1 atom stereocenters. The predicted molar refractivity (Wildman–Crippen MR) is 60.2 cm³/mol. The lowest BCUT2D eigenvalue weighted by Gasteiger charge is -2.15. The molecule has 1 unspecified atom stereocenters. The van der Waals surface area contributed by atoms with E-state index in [9.17, 15) is 0 Å². The van der Waals surface area contributed by atoms with Crippen molar-refractivity contribution in [3.8, 4) is 11.5 Å². The number of benzene rings is 1. The molecule has 0 saturated carbocycles. The lowest BCUT2D eigenvalue weighted by atomic mass is 10.2. The fraction of sp³-hybridized carbons (Fsp3) is 0.462. The average molecular weight is 217 g/mol. The van der Waals surface area contributed by atoms with Gasteiger partial charge < -0.3 is 9.47 Å². The first kappa shape index (κ1) is 9.97. The lowest BCUT2D eigenvalue weighted by Crippen LogP contribution is -2.19. The molecule has 1 fully saturated rings. The van der Waals surface area contributed by atoms with E-state index in [0.717, 1.165) is 37.6 Å². The number of hydrogen-bond donors (Lipinski definition) is 0. The minimum atomic E-state index is 0.341. The van der Waals surface area contributed by atoms with Crippen LogP contribution in [0.1, 0.15) is 12.0 Å². The Hall–Kier alpha value is -1.22. The minimum Gasteiger partial charge on any atom is -0.454 e. The first-order valence-corrected chi connectivity index (χ1v) is 5.68. The fourth-order valence-electron chi connectivity index (χ4n) is 2.30. The summed E-state index contributed by atoms with van der Waals surface area (Å²) in [7, 11) is 0. The van der Waals surface area contributed by atoms with Crippen LogP contribution in [0.25, 0.3) is 0 Å². The zero-order valence-corrected chi connectivity index (χ0v) is 9.19. The third-order valence-electron chi connectivity index (χ3n) is 3.15. The van der Waals surface area contributed by atoms with Gasteiger partial charge in [-0.25, -0.2) is 0 Å². The first-order valence-electron chi connectivity index (χ1n) is 5.68. The molecule has 1 aromatic rings. The monoisotopic (exact) mass is 217 g/mol. The third kappa shape index (κ3) is 1.87. The molecular formula is C13H15NO2. The molecule has 2 heterocycles. The van der Waals surface area contributed by atoms with Gasteiger partial charge in [0.2, 0.25) is 6.79 Å². The Morgan fingerprint density at radius 3 is 3.00 bits per heavy atom. The summed E-state index contributed by atoms with van der Waals surface area (Å²) in [6, 6.07) is 6.14. The number of rotatable bonds is 2. The van der Waals surface area contributed by atoms with Crippen LogP contribution >= 0.6 is 0 Å². The summed E-state index contributed by atoms with van der Waals surface area (Å²) in [5.41, 5.74) is 1.26. The first-order chi connectivity index (χ1) is 7.81. The van der Waals surface area contributed by atoms with Gasteiger partial charge in [-0.05, 0) is 43.5 Å². The molecule has 84 valence electrons. The quantitative estimate of drug-likeness (QED) is 0.755. The number of nitrogens with zero attached hydrogens (tertiary/aromatic N) is 1. The SMILES string of the molecule is [CH]C1CCN(Cc2ccc3c(c2)OCO3)C1. The van der Waals surface area contributed by atoms with Crippen LogP contribution in [-0.2, 0) is 6.54 Å². The smallest absolute Gasteiger partial charge is 0.231 e. The molecule has 0 amide bonds. The van der Waals surface area contributed by atoms with Crippen LogP contribution in [0.3, 0.4) is 0 Å². The topological polar surface area (TPSA) is 21.7 Å². The largest absolute Gasteiger partial charge is 0.454 e. The van der Waals surface area contributed by atoms with Gasteiger partial charge in [-0.2, -0.15) is 0 Å². The highest BCUT2D eigenvalue weighted by molar-refractivity contribution is 5.44. The van der Waals surface area contributed by atoms with Gasteiger partial charge in [0, 0.05) is 13.1 Å². The van der Waals surface area contributed by atoms with Crippen molar-refractivity contribution in [2.45, 2.75) is 13.0 Å². The van der Waals surface area contributed by atoms with Gasteiger partial charge in [0.1, 0.15) is 0 Å². The molecule has 2 aliphatic rings. The van der Waals surface area contributed by atoms with Gasteiger partial charge in [0.15, 0.2) is 11.5 Å². The van der Waals surface area contributed by atoms with Crippen LogP contribution < -0.4 is 9.47 Å². The Balaban J connectivity index is 1.71. The Kier molecular flexibility index (Phi) is 2.48. The molecule has 16 heavy (non-hydrogen) atoms. The van der Waals surface area contributed by atoms with Crippen molar-refractivity contribution >= 4 is 0 Å². The van der Waals surface area contributed by atoms with Crippen molar-refractivity contribution in [2.24, 2.45) is 5.92 Å². The number of likely N-dealkylation sites (tertiary alicyclic amines) is 1. The van der Waals surface area contributed by atoms with Crippen LogP contribution in [0.5, 0.6) is 11.5 Å². The highest BCUT2D eigenvalue weighted by atomic mass is 16.7. The van der Waals surface area contributed by atoms with Gasteiger partial charge in [0.25, 0.3) is 0 Å². The van der Waals surface area contributed by atoms with Crippen molar-refractivity contribution in [3.63, 3.8) is 0 Å². The minimum absolute atomic E-state index is 0.341. The zero-order chi connectivity index (χ0) is 11.0. The number of hydrogen-bond acceptors (Lipinski definition) is 3. The lowest BCUT2D eigenvalue weighted by molar-refractivity contribution is 0.174. The summed E-state index contributed by atoms with van der Waals surface area (Å²) >= 11 is 0. The Bertz CT molecular complexity index is 392. The summed E-state index contributed by atoms with van der Waals surface area (Å²) in [5, 5.41) is 0. The fourth-order valence-corrected chi connectivity index (χ4v) is 2.30. The Morgan fingerprint density at radius 2 is 2.19 bits per heavy atom. The van der Waals surface area contributed by atoms with Crippen molar-refractivity contribution in [1.82, 2.24) is 4.90 Å². The van der Waals surface area contributed by atoms with Gasteiger partial charge in [-0.1, -0.05) is 6.07 Å². The molecule has 0 N–H and O–H groups in total. The van der Waals surface area contributed by atoms with E-state index in [-0.39, 0.29) is 0 Å². The number of fused-ring (bicyclic) bond motifs is 1. The van der Waals surface area contributed by atoms with E-state index in [2.05, 4.69) is 17.0 Å². The summed E-state index contributed by atoms with van der Waals surface area (Å²) in [6.45, 7) is 9.26. The summed E-state index contributed by atoms with van der Waals surface area (Å²) < 4.78 is 10.6. The zero-order valence-electron chi connectivity index (χ0n) is 9.19. The number of ether oxygens (including phenoxy) is 2. The second kappa shape index (κ2) is 3.98. The molecule has 3 rings (SSSR count). The van der Waals surface area contributed by atoms with Crippen LogP contribution in [0, 0.1) is 12.8 Å². The standard InChI is InChI=1S/C13H15NO2/c1-10-4-5-14(7-10)8-11-2-3-12-13(6-11)16-9-15-12/h1-3,6,10H,4-5,7-9H2. The van der Waals surface area contributed by atoms with E-state index in [1.807, 2.05) is 6.07 Å². The molecule has 0 spiro atoms.